The van der Waals surface area contributed by atoms with E-state index in [4.69, 9.17) is 19.6 Å². The predicted molar refractivity (Wildman–Crippen MR) is 112 cm³/mol. The van der Waals surface area contributed by atoms with Crippen molar-refractivity contribution >= 4 is 17.5 Å². The molecule has 160 valence electrons. The van der Waals surface area contributed by atoms with Crippen LogP contribution < -0.4 is 0 Å². The van der Waals surface area contributed by atoms with E-state index < -0.39 is 0 Å². The molecule has 1 fully saturated rings. The van der Waals surface area contributed by atoms with Crippen LogP contribution in [0.5, 0.6) is 0 Å². The summed E-state index contributed by atoms with van der Waals surface area (Å²) in [5.74, 6) is 0.705. The maximum absolute atomic E-state index is 12.7. The summed E-state index contributed by atoms with van der Waals surface area (Å²) in [6.45, 7) is 1.64. The molecule has 1 aliphatic carbocycles. The summed E-state index contributed by atoms with van der Waals surface area (Å²) in [6.07, 6.45) is 11.0. The monoisotopic (exact) mass is 419 g/mol. The molecule has 2 aromatic rings. The van der Waals surface area contributed by atoms with Crippen LogP contribution in [0.15, 0.2) is 30.5 Å². The number of allylic oxidation sites excluding steroid dienone is 2. The highest BCUT2D eigenvalue weighted by molar-refractivity contribution is 5.95. The van der Waals surface area contributed by atoms with Crippen LogP contribution in [0.4, 0.5) is 0 Å². The number of Topliss-reactive ketones (excluding diaryl/α,β-unsaturated/α-hetero) is 1. The van der Waals surface area contributed by atoms with Crippen LogP contribution >= 0.6 is 0 Å². The lowest BCUT2D eigenvalue weighted by atomic mass is 9.84. The summed E-state index contributed by atoms with van der Waals surface area (Å²) in [6, 6.07) is 8.58. The molecule has 0 atom stereocenters. The Kier molecular flexibility index (Phi) is 8.05. The smallest absolute Gasteiger partial charge is 0.373 e. The third-order valence-corrected chi connectivity index (χ3v) is 5.77. The van der Waals surface area contributed by atoms with Gasteiger partial charge in [0.25, 0.3) is 0 Å². The fraction of sp³-hybridized carbons (Fsp3) is 0.417. The summed E-state index contributed by atoms with van der Waals surface area (Å²) >= 11 is 0. The van der Waals surface area contributed by atoms with Gasteiger partial charge in [0.1, 0.15) is 11.8 Å². The quantitative estimate of drug-likeness (QED) is 0.734. The number of carbonyl (C=O) groups excluding carboxylic acids is 3. The van der Waals surface area contributed by atoms with E-state index in [1.165, 1.54) is 35.7 Å². The van der Waals surface area contributed by atoms with Crippen LogP contribution in [0, 0.1) is 11.3 Å². The lowest BCUT2D eigenvalue weighted by molar-refractivity contribution is -0.191. The first-order valence-electron chi connectivity index (χ1n) is 10.5. The number of nitriles is 1. The van der Waals surface area contributed by atoms with Gasteiger partial charge in [-0.05, 0) is 66.7 Å². The number of H-pyrrole nitrogens is 1. The molecule has 0 amide bonds. The molecule has 0 saturated carbocycles. The summed E-state index contributed by atoms with van der Waals surface area (Å²) in [5.41, 5.74) is 5.28. The average Bonchev–Trinajstić information content (AvgIpc) is 3.31. The number of hydrogen-bond acceptors (Lipinski definition) is 6. The van der Waals surface area contributed by atoms with Gasteiger partial charge in [0, 0.05) is 19.6 Å². The Morgan fingerprint density at radius 1 is 1.23 bits per heavy atom. The SMILES string of the molecule is N#Cc1cnc(C(=O)Cc2ccc(C3CCOCC3)cc2C2=CCCCC2)[nH]1.O=C=O. The first-order chi connectivity index (χ1) is 15.2. The highest BCUT2D eigenvalue weighted by Gasteiger charge is 2.20. The molecule has 1 aliphatic heterocycles. The normalized spacial score (nSPS) is 16.3. The van der Waals surface area contributed by atoms with E-state index in [9.17, 15) is 4.79 Å². The van der Waals surface area contributed by atoms with E-state index in [1.54, 1.807) is 0 Å². The number of hydrogen-bond donors (Lipinski definition) is 1. The lowest BCUT2D eigenvalue weighted by Gasteiger charge is -2.24. The van der Waals surface area contributed by atoms with Crippen molar-refractivity contribution in [1.82, 2.24) is 9.97 Å². The van der Waals surface area contributed by atoms with E-state index in [-0.39, 0.29) is 17.8 Å². The van der Waals surface area contributed by atoms with Crippen LogP contribution in [0.3, 0.4) is 0 Å². The maximum atomic E-state index is 12.7. The Morgan fingerprint density at radius 2 is 2.00 bits per heavy atom. The molecule has 7 heteroatoms. The molecule has 0 spiro atoms. The minimum absolute atomic E-state index is 0.0852. The van der Waals surface area contributed by atoms with Crippen molar-refractivity contribution in [2.45, 2.75) is 50.9 Å². The Labute approximate surface area is 181 Å². The lowest BCUT2D eigenvalue weighted by Crippen LogP contribution is -2.15. The second kappa shape index (κ2) is 11.2. The minimum atomic E-state index is -0.0852. The van der Waals surface area contributed by atoms with Crippen LogP contribution in [-0.2, 0) is 20.7 Å². The highest BCUT2D eigenvalue weighted by Crippen LogP contribution is 2.34. The third-order valence-electron chi connectivity index (χ3n) is 5.77. The van der Waals surface area contributed by atoms with Gasteiger partial charge < -0.3 is 9.72 Å². The summed E-state index contributed by atoms with van der Waals surface area (Å²) in [4.78, 5) is 35.8. The van der Waals surface area contributed by atoms with Gasteiger partial charge >= 0.3 is 6.15 Å². The molecule has 1 aromatic carbocycles. The molecule has 2 heterocycles. The number of nitrogens with one attached hydrogen (secondary N) is 1. The Hall–Kier alpha value is -3.33. The summed E-state index contributed by atoms with van der Waals surface area (Å²) in [7, 11) is 0. The average molecular weight is 419 g/mol. The molecule has 1 saturated heterocycles. The number of aromatic amines is 1. The van der Waals surface area contributed by atoms with Crippen LogP contribution in [0.2, 0.25) is 0 Å². The van der Waals surface area contributed by atoms with Gasteiger partial charge in [0.2, 0.25) is 5.78 Å². The molecular weight excluding hydrogens is 394 g/mol. The number of carbonyl (C=O) groups is 1. The van der Waals surface area contributed by atoms with Gasteiger partial charge in [-0.3, -0.25) is 4.79 Å². The van der Waals surface area contributed by atoms with Gasteiger partial charge in [0.05, 0.1) is 6.20 Å². The maximum Gasteiger partial charge on any atom is 0.373 e. The number of ether oxygens (including phenoxy) is 1. The van der Waals surface area contributed by atoms with E-state index >= 15 is 0 Å². The molecular formula is C24H25N3O4. The molecule has 0 unspecified atom stereocenters. The first kappa shape index (κ1) is 22.4. The van der Waals surface area contributed by atoms with Crippen molar-refractivity contribution in [2.24, 2.45) is 0 Å². The number of imidazole rings is 1. The van der Waals surface area contributed by atoms with Crippen molar-refractivity contribution < 1.29 is 19.1 Å². The van der Waals surface area contributed by atoms with E-state index in [1.807, 2.05) is 6.07 Å². The molecule has 1 aromatic heterocycles. The molecule has 2 aliphatic rings. The van der Waals surface area contributed by atoms with Crippen molar-refractivity contribution in [2.75, 3.05) is 13.2 Å². The Morgan fingerprint density at radius 3 is 2.65 bits per heavy atom. The number of ketones is 1. The third kappa shape index (κ3) is 5.85. The highest BCUT2D eigenvalue weighted by atomic mass is 16.5. The largest absolute Gasteiger partial charge is 0.381 e. The van der Waals surface area contributed by atoms with E-state index in [0.29, 0.717) is 18.0 Å². The van der Waals surface area contributed by atoms with Gasteiger partial charge in [-0.25, -0.2) is 4.98 Å². The van der Waals surface area contributed by atoms with Crippen LogP contribution in [0.1, 0.15) is 77.4 Å². The topological polar surface area (TPSA) is 113 Å². The van der Waals surface area contributed by atoms with Crippen molar-refractivity contribution in [3.05, 3.63) is 58.7 Å². The fourth-order valence-electron chi connectivity index (χ4n) is 4.19. The zero-order valence-corrected chi connectivity index (χ0v) is 17.4. The van der Waals surface area contributed by atoms with Gasteiger partial charge in [0.15, 0.2) is 5.82 Å². The Balaban J connectivity index is 0.000000858. The molecule has 31 heavy (non-hydrogen) atoms. The first-order valence-corrected chi connectivity index (χ1v) is 10.5. The predicted octanol–water partition coefficient (Wildman–Crippen LogP) is 3.97. The number of nitrogens with zero attached hydrogens (tertiary/aromatic N) is 2. The summed E-state index contributed by atoms with van der Waals surface area (Å²) < 4.78 is 5.51. The van der Waals surface area contributed by atoms with Crippen molar-refractivity contribution in [1.29, 1.82) is 5.26 Å². The van der Waals surface area contributed by atoms with E-state index in [0.717, 1.165) is 44.5 Å². The number of benzene rings is 1. The van der Waals surface area contributed by atoms with Crippen molar-refractivity contribution in [3.63, 3.8) is 0 Å². The number of rotatable bonds is 5. The standard InChI is InChI=1S/C23H25N3O2.CO2/c24-14-20-15-25-23(26-20)22(27)13-19-7-6-18(16-8-10-28-11-9-16)12-21(19)17-4-2-1-3-5-17;2-1-3/h4,6-7,12,15-16H,1-3,5,8-11,13H2,(H,25,26);. The molecule has 0 bridgehead atoms. The number of aromatic nitrogens is 2. The second-order valence-corrected chi connectivity index (χ2v) is 7.72. The van der Waals surface area contributed by atoms with Crippen molar-refractivity contribution in [3.8, 4) is 6.07 Å². The van der Waals surface area contributed by atoms with Gasteiger partial charge in [-0.15, -0.1) is 0 Å². The van der Waals surface area contributed by atoms with E-state index in [2.05, 4.69) is 34.2 Å². The van der Waals surface area contributed by atoms with Gasteiger partial charge in [-0.1, -0.05) is 24.3 Å². The minimum Gasteiger partial charge on any atom is -0.381 e. The molecule has 7 nitrogen and oxygen atoms in total. The zero-order chi connectivity index (χ0) is 22.1. The second-order valence-electron chi connectivity index (χ2n) is 7.72. The summed E-state index contributed by atoms with van der Waals surface area (Å²) in [5, 5.41) is 8.94. The van der Waals surface area contributed by atoms with Gasteiger partial charge in [-0.2, -0.15) is 14.9 Å². The molecule has 4 rings (SSSR count). The van der Waals surface area contributed by atoms with Crippen LogP contribution in [0.25, 0.3) is 5.57 Å². The Bertz CT molecular complexity index is 1020. The van der Waals surface area contributed by atoms with Crippen LogP contribution in [-0.4, -0.2) is 35.1 Å². The fourth-order valence-corrected chi connectivity index (χ4v) is 4.19. The molecule has 1 N–H and O–H groups in total. The zero-order valence-electron chi connectivity index (χ0n) is 17.4. The molecule has 0 radical (unpaired) electrons.